The molecule has 0 unspecified atom stereocenters. The van der Waals surface area contributed by atoms with Gasteiger partial charge in [-0.15, -0.1) is 0 Å². The molecule has 0 aliphatic heterocycles. The van der Waals surface area contributed by atoms with Crippen LogP contribution in [0.4, 0.5) is 0 Å². The maximum absolute atomic E-state index is 12.8. The van der Waals surface area contributed by atoms with E-state index < -0.39 is 5.97 Å². The summed E-state index contributed by atoms with van der Waals surface area (Å²) in [6.45, 7) is 0.332. The molecule has 0 saturated carbocycles. The average Bonchev–Trinajstić information content (AvgIpc) is 2.79. The summed E-state index contributed by atoms with van der Waals surface area (Å²) in [5.74, 6) is 0.527. The van der Waals surface area contributed by atoms with Crippen LogP contribution in [0.25, 0.3) is 11.0 Å². The van der Waals surface area contributed by atoms with Gasteiger partial charge in [0.2, 0.25) is 11.2 Å². The predicted molar refractivity (Wildman–Crippen MR) is 116 cm³/mol. The molecule has 1 aromatic heterocycles. The van der Waals surface area contributed by atoms with Gasteiger partial charge in [0.25, 0.3) is 0 Å². The van der Waals surface area contributed by atoms with Crippen LogP contribution < -0.4 is 14.9 Å². The monoisotopic (exact) mass is 436 g/mol. The molecular weight excluding hydrogens is 420 g/mol. The van der Waals surface area contributed by atoms with Crippen molar-refractivity contribution in [2.45, 2.75) is 6.61 Å². The number of carbonyl (C=O) groups excluding carboxylic acids is 1. The van der Waals surface area contributed by atoms with E-state index in [1.54, 1.807) is 48.5 Å². The number of halogens is 1. The molecule has 6 nitrogen and oxygen atoms in total. The van der Waals surface area contributed by atoms with E-state index in [0.717, 1.165) is 5.56 Å². The lowest BCUT2D eigenvalue weighted by molar-refractivity contribution is 0.0600. The Labute approximate surface area is 182 Å². The lowest BCUT2D eigenvalue weighted by atomic mass is 10.2. The van der Waals surface area contributed by atoms with Crippen molar-refractivity contribution in [2.24, 2.45) is 0 Å². The third kappa shape index (κ3) is 4.70. The van der Waals surface area contributed by atoms with E-state index in [0.29, 0.717) is 39.7 Å². The first-order valence-electron chi connectivity index (χ1n) is 9.32. The Hall–Kier alpha value is -3.77. The van der Waals surface area contributed by atoms with Crippen molar-refractivity contribution in [3.63, 3.8) is 0 Å². The summed E-state index contributed by atoms with van der Waals surface area (Å²) in [6, 6.07) is 18.6. The number of hydrogen-bond acceptors (Lipinski definition) is 6. The largest absolute Gasteiger partial charge is 0.489 e. The van der Waals surface area contributed by atoms with Crippen LogP contribution in [0.3, 0.4) is 0 Å². The summed E-state index contributed by atoms with van der Waals surface area (Å²) in [5.41, 5.74) is 1.36. The number of rotatable bonds is 6. The minimum atomic E-state index is -0.454. The Morgan fingerprint density at radius 3 is 2.52 bits per heavy atom. The summed E-state index contributed by atoms with van der Waals surface area (Å²) in [5, 5.41) is 0.997. The van der Waals surface area contributed by atoms with E-state index in [9.17, 15) is 9.59 Å². The molecule has 0 atom stereocenters. The Morgan fingerprint density at radius 2 is 1.77 bits per heavy atom. The standard InChI is InChI=1S/C24H17ClO6/c1-28-24(27)16-5-7-18(8-6-16)31-22-14-30-21-12-19(9-10-20(21)23(22)26)29-13-15-3-2-4-17(25)11-15/h2-12,14H,13H2,1H3. The molecule has 0 saturated heterocycles. The van der Waals surface area contributed by atoms with E-state index >= 15 is 0 Å². The number of benzene rings is 3. The molecule has 3 aromatic carbocycles. The molecule has 0 fully saturated rings. The number of esters is 1. The normalized spacial score (nSPS) is 10.6. The van der Waals surface area contributed by atoms with Crippen LogP contribution in [0.5, 0.6) is 17.2 Å². The molecule has 0 bridgehead atoms. The molecule has 0 aliphatic rings. The smallest absolute Gasteiger partial charge is 0.337 e. The van der Waals surface area contributed by atoms with E-state index in [1.165, 1.54) is 13.4 Å². The summed E-state index contributed by atoms with van der Waals surface area (Å²) in [6.07, 6.45) is 1.25. The summed E-state index contributed by atoms with van der Waals surface area (Å²) in [4.78, 5) is 24.3. The number of hydrogen-bond donors (Lipinski definition) is 0. The number of carbonyl (C=O) groups is 1. The van der Waals surface area contributed by atoms with E-state index in [1.807, 2.05) is 18.2 Å². The topological polar surface area (TPSA) is 75.0 Å². The van der Waals surface area contributed by atoms with Gasteiger partial charge in [-0.2, -0.15) is 0 Å². The van der Waals surface area contributed by atoms with Crippen molar-refractivity contribution in [3.05, 3.63) is 99.4 Å². The van der Waals surface area contributed by atoms with Crippen LogP contribution in [-0.4, -0.2) is 13.1 Å². The molecule has 7 heteroatoms. The number of fused-ring (bicyclic) bond motifs is 1. The van der Waals surface area contributed by atoms with Crippen LogP contribution >= 0.6 is 11.6 Å². The van der Waals surface area contributed by atoms with E-state index in [4.69, 9.17) is 25.5 Å². The van der Waals surface area contributed by atoms with Crippen LogP contribution in [0, 0.1) is 0 Å². The van der Waals surface area contributed by atoms with Crippen molar-refractivity contribution in [2.75, 3.05) is 7.11 Å². The molecule has 156 valence electrons. The first-order valence-corrected chi connectivity index (χ1v) is 9.70. The zero-order chi connectivity index (χ0) is 21.8. The van der Waals surface area contributed by atoms with Gasteiger partial charge in [-0.25, -0.2) is 4.79 Å². The van der Waals surface area contributed by atoms with Crippen LogP contribution in [0.1, 0.15) is 15.9 Å². The molecule has 31 heavy (non-hydrogen) atoms. The third-order valence-corrected chi connectivity index (χ3v) is 4.75. The van der Waals surface area contributed by atoms with Crippen molar-refractivity contribution >= 4 is 28.5 Å². The highest BCUT2D eigenvalue weighted by atomic mass is 35.5. The highest BCUT2D eigenvalue weighted by molar-refractivity contribution is 6.30. The van der Waals surface area contributed by atoms with Crippen molar-refractivity contribution < 1.29 is 23.4 Å². The van der Waals surface area contributed by atoms with Gasteiger partial charge in [0.1, 0.15) is 30.0 Å². The first kappa shape index (κ1) is 20.5. The summed E-state index contributed by atoms with van der Waals surface area (Å²) < 4.78 is 21.6. The highest BCUT2D eigenvalue weighted by Gasteiger charge is 2.11. The fraction of sp³-hybridized carbons (Fsp3) is 0.0833. The van der Waals surface area contributed by atoms with Gasteiger partial charge < -0.3 is 18.6 Å². The minimum absolute atomic E-state index is 0.0333. The van der Waals surface area contributed by atoms with Gasteiger partial charge in [-0.05, 0) is 54.1 Å². The Kier molecular flexibility index (Phi) is 5.91. The third-order valence-electron chi connectivity index (χ3n) is 4.51. The quantitative estimate of drug-likeness (QED) is 0.366. The fourth-order valence-corrected chi connectivity index (χ4v) is 3.16. The van der Waals surface area contributed by atoms with Gasteiger partial charge in [-0.3, -0.25) is 4.79 Å². The van der Waals surface area contributed by atoms with Crippen molar-refractivity contribution in [3.8, 4) is 17.2 Å². The van der Waals surface area contributed by atoms with Gasteiger partial charge >= 0.3 is 5.97 Å². The number of ether oxygens (including phenoxy) is 3. The van der Waals surface area contributed by atoms with Crippen LogP contribution in [-0.2, 0) is 11.3 Å². The Balaban J connectivity index is 1.52. The van der Waals surface area contributed by atoms with Crippen LogP contribution in [0.15, 0.2) is 82.2 Å². The lowest BCUT2D eigenvalue weighted by Crippen LogP contribution is -2.05. The second kappa shape index (κ2) is 8.93. The second-order valence-corrected chi connectivity index (χ2v) is 7.06. The first-order chi connectivity index (χ1) is 15.0. The SMILES string of the molecule is COC(=O)c1ccc(Oc2coc3cc(OCc4cccc(Cl)c4)ccc3c2=O)cc1. The minimum Gasteiger partial charge on any atom is -0.489 e. The zero-order valence-electron chi connectivity index (χ0n) is 16.5. The second-order valence-electron chi connectivity index (χ2n) is 6.62. The van der Waals surface area contributed by atoms with E-state index in [2.05, 4.69) is 4.74 Å². The molecule has 0 radical (unpaired) electrons. The van der Waals surface area contributed by atoms with Gasteiger partial charge in [0.05, 0.1) is 18.1 Å². The highest BCUT2D eigenvalue weighted by Crippen LogP contribution is 2.25. The van der Waals surface area contributed by atoms with Crippen molar-refractivity contribution in [1.82, 2.24) is 0 Å². The molecule has 0 spiro atoms. The van der Waals surface area contributed by atoms with Crippen LogP contribution in [0.2, 0.25) is 5.02 Å². The maximum Gasteiger partial charge on any atom is 0.337 e. The molecule has 0 N–H and O–H groups in total. The molecular formula is C24H17ClO6. The Morgan fingerprint density at radius 1 is 1.00 bits per heavy atom. The molecule has 0 aliphatic carbocycles. The fourth-order valence-electron chi connectivity index (χ4n) is 2.95. The Bertz CT molecular complexity index is 1290. The maximum atomic E-state index is 12.8. The number of methoxy groups -OCH3 is 1. The average molecular weight is 437 g/mol. The van der Waals surface area contributed by atoms with Gasteiger partial charge in [0, 0.05) is 11.1 Å². The summed E-state index contributed by atoms with van der Waals surface area (Å²) >= 11 is 5.99. The zero-order valence-corrected chi connectivity index (χ0v) is 17.2. The van der Waals surface area contributed by atoms with Crippen molar-refractivity contribution in [1.29, 1.82) is 0 Å². The molecule has 1 heterocycles. The van der Waals surface area contributed by atoms with E-state index in [-0.39, 0.29) is 11.2 Å². The predicted octanol–water partition coefficient (Wildman–Crippen LogP) is 5.60. The summed E-state index contributed by atoms with van der Waals surface area (Å²) in [7, 11) is 1.31. The lowest BCUT2D eigenvalue weighted by Gasteiger charge is -2.09. The van der Waals surface area contributed by atoms with Gasteiger partial charge in [0.15, 0.2) is 0 Å². The molecule has 4 aromatic rings. The molecule has 4 rings (SSSR count). The molecule has 0 amide bonds. The van der Waals surface area contributed by atoms with Gasteiger partial charge in [-0.1, -0.05) is 23.7 Å².